The summed E-state index contributed by atoms with van der Waals surface area (Å²) in [6, 6.07) is 13.1. The molecule has 0 aliphatic heterocycles. The van der Waals surface area contributed by atoms with Crippen LogP contribution in [-0.2, 0) is 11.3 Å². The number of nitro groups is 1. The standard InChI is InChI=1S/C21H15FN4O5S/c22-16-8-7-13(26(29)30)10-18(16)23-19(27)12-32-21-24-17-6-2-1-5-15(17)20(28)25(21)11-14-4-3-9-31-14/h1-10H,11-12H2,(H,23,27). The van der Waals surface area contributed by atoms with Crippen LogP contribution in [0.4, 0.5) is 15.8 Å². The molecule has 0 bridgehead atoms. The fourth-order valence-corrected chi connectivity index (χ4v) is 3.79. The van der Waals surface area contributed by atoms with Crippen molar-refractivity contribution in [2.24, 2.45) is 0 Å². The highest BCUT2D eigenvalue weighted by Crippen LogP contribution is 2.23. The Kier molecular flexibility index (Phi) is 5.99. The molecule has 1 amide bonds. The van der Waals surface area contributed by atoms with Crippen LogP contribution < -0.4 is 10.9 Å². The first-order valence-corrected chi connectivity index (χ1v) is 10.3. The minimum absolute atomic E-state index is 0.118. The summed E-state index contributed by atoms with van der Waals surface area (Å²) in [6.45, 7) is 0.118. The third kappa shape index (κ3) is 4.52. The number of hydrogen-bond acceptors (Lipinski definition) is 7. The SMILES string of the molecule is O=C(CSc1nc2ccccc2c(=O)n1Cc1ccco1)Nc1cc([N+](=O)[O-])ccc1F. The van der Waals surface area contributed by atoms with Gasteiger partial charge in [-0.3, -0.25) is 24.3 Å². The first kappa shape index (κ1) is 21.2. The summed E-state index contributed by atoms with van der Waals surface area (Å²) in [7, 11) is 0. The molecular formula is C21H15FN4O5S. The highest BCUT2D eigenvalue weighted by atomic mass is 32.2. The van der Waals surface area contributed by atoms with Crippen LogP contribution >= 0.6 is 11.8 Å². The lowest BCUT2D eigenvalue weighted by Crippen LogP contribution is -2.24. The third-order valence-electron chi connectivity index (χ3n) is 4.49. The number of amides is 1. The maximum atomic E-state index is 13.9. The van der Waals surface area contributed by atoms with Gasteiger partial charge in [0, 0.05) is 12.1 Å². The van der Waals surface area contributed by atoms with E-state index in [1.807, 2.05) is 0 Å². The summed E-state index contributed by atoms with van der Waals surface area (Å²) >= 11 is 0.983. The molecule has 0 saturated heterocycles. The minimum atomic E-state index is -0.799. The second-order valence-electron chi connectivity index (χ2n) is 6.64. The van der Waals surface area contributed by atoms with E-state index in [0.717, 1.165) is 30.0 Å². The van der Waals surface area contributed by atoms with Crippen molar-refractivity contribution in [2.75, 3.05) is 11.1 Å². The van der Waals surface area contributed by atoms with E-state index in [1.165, 1.54) is 10.8 Å². The molecule has 2 aromatic carbocycles. The molecule has 0 unspecified atom stereocenters. The van der Waals surface area contributed by atoms with Gasteiger partial charge in [-0.05, 0) is 30.3 Å². The molecule has 162 valence electrons. The van der Waals surface area contributed by atoms with E-state index in [4.69, 9.17) is 4.42 Å². The van der Waals surface area contributed by atoms with Crippen LogP contribution in [0.2, 0.25) is 0 Å². The lowest BCUT2D eigenvalue weighted by atomic mass is 10.2. The van der Waals surface area contributed by atoms with Crippen molar-refractivity contribution >= 4 is 39.9 Å². The summed E-state index contributed by atoms with van der Waals surface area (Å²) in [5.41, 5.74) is -0.470. The first-order chi connectivity index (χ1) is 15.4. The van der Waals surface area contributed by atoms with E-state index in [0.29, 0.717) is 16.7 Å². The number of fused-ring (bicyclic) bond motifs is 1. The number of nitro benzene ring substituents is 1. The predicted molar refractivity (Wildman–Crippen MR) is 116 cm³/mol. The van der Waals surface area contributed by atoms with E-state index < -0.39 is 16.6 Å². The van der Waals surface area contributed by atoms with Crippen LogP contribution in [0.3, 0.4) is 0 Å². The Morgan fingerprint density at radius 1 is 1.22 bits per heavy atom. The Morgan fingerprint density at radius 2 is 2.03 bits per heavy atom. The number of carbonyl (C=O) groups excluding carboxylic acids is 1. The number of furan rings is 1. The molecular weight excluding hydrogens is 439 g/mol. The van der Waals surface area contributed by atoms with Gasteiger partial charge in [0.1, 0.15) is 11.6 Å². The van der Waals surface area contributed by atoms with Gasteiger partial charge in [-0.25, -0.2) is 9.37 Å². The van der Waals surface area contributed by atoms with Gasteiger partial charge in [0.05, 0.1) is 40.1 Å². The number of anilines is 1. The van der Waals surface area contributed by atoms with Gasteiger partial charge >= 0.3 is 0 Å². The van der Waals surface area contributed by atoms with Crippen molar-refractivity contribution in [3.63, 3.8) is 0 Å². The molecule has 2 aromatic heterocycles. The number of thioether (sulfide) groups is 1. The first-order valence-electron chi connectivity index (χ1n) is 9.31. The Morgan fingerprint density at radius 3 is 2.78 bits per heavy atom. The summed E-state index contributed by atoms with van der Waals surface area (Å²) in [5.74, 6) is -1.08. The number of rotatable bonds is 7. The monoisotopic (exact) mass is 454 g/mol. The maximum Gasteiger partial charge on any atom is 0.271 e. The molecule has 11 heteroatoms. The van der Waals surface area contributed by atoms with Gasteiger partial charge in [-0.2, -0.15) is 0 Å². The maximum absolute atomic E-state index is 13.9. The molecule has 4 aromatic rings. The third-order valence-corrected chi connectivity index (χ3v) is 5.46. The summed E-state index contributed by atoms with van der Waals surface area (Å²) in [4.78, 5) is 40.1. The quantitative estimate of drug-likeness (QED) is 0.195. The Labute approximate surface area is 184 Å². The number of nitrogens with zero attached hydrogens (tertiary/aromatic N) is 3. The number of benzene rings is 2. The second kappa shape index (κ2) is 9.02. The van der Waals surface area contributed by atoms with Crippen molar-refractivity contribution < 1.29 is 18.5 Å². The van der Waals surface area contributed by atoms with E-state index in [-0.39, 0.29) is 34.4 Å². The van der Waals surface area contributed by atoms with Crippen LogP contribution in [-0.4, -0.2) is 26.1 Å². The van der Waals surface area contributed by atoms with Crippen LogP contribution in [0.1, 0.15) is 5.76 Å². The van der Waals surface area contributed by atoms with E-state index in [9.17, 15) is 24.1 Å². The average molecular weight is 454 g/mol. The van der Waals surface area contributed by atoms with Gasteiger partial charge < -0.3 is 9.73 Å². The zero-order valence-corrected chi connectivity index (χ0v) is 17.2. The number of carbonyl (C=O) groups is 1. The molecule has 0 saturated carbocycles. The molecule has 0 spiro atoms. The lowest BCUT2D eigenvalue weighted by Gasteiger charge is -2.12. The topological polar surface area (TPSA) is 120 Å². The van der Waals surface area contributed by atoms with Crippen molar-refractivity contribution in [3.8, 4) is 0 Å². The molecule has 32 heavy (non-hydrogen) atoms. The van der Waals surface area contributed by atoms with Crippen molar-refractivity contribution in [2.45, 2.75) is 11.7 Å². The average Bonchev–Trinajstić information content (AvgIpc) is 3.29. The van der Waals surface area contributed by atoms with E-state index in [1.54, 1.807) is 36.4 Å². The van der Waals surface area contributed by atoms with Gasteiger partial charge in [0.2, 0.25) is 5.91 Å². The van der Waals surface area contributed by atoms with Crippen molar-refractivity contribution in [1.82, 2.24) is 9.55 Å². The van der Waals surface area contributed by atoms with Gasteiger partial charge in [0.25, 0.3) is 11.2 Å². The second-order valence-corrected chi connectivity index (χ2v) is 7.58. The summed E-state index contributed by atoms with van der Waals surface area (Å²) < 4.78 is 20.7. The largest absolute Gasteiger partial charge is 0.467 e. The molecule has 0 aliphatic rings. The molecule has 9 nitrogen and oxygen atoms in total. The summed E-state index contributed by atoms with van der Waals surface area (Å²) in [5, 5.41) is 13.9. The summed E-state index contributed by atoms with van der Waals surface area (Å²) in [6.07, 6.45) is 1.49. The predicted octanol–water partition coefficient (Wildman–Crippen LogP) is 3.82. The molecule has 2 heterocycles. The minimum Gasteiger partial charge on any atom is -0.467 e. The highest BCUT2D eigenvalue weighted by Gasteiger charge is 2.17. The van der Waals surface area contributed by atoms with Crippen LogP contribution in [0.25, 0.3) is 10.9 Å². The normalized spacial score (nSPS) is 10.9. The number of hydrogen-bond donors (Lipinski definition) is 1. The molecule has 4 rings (SSSR count). The smallest absolute Gasteiger partial charge is 0.271 e. The Balaban J connectivity index is 1.58. The number of para-hydroxylation sites is 1. The van der Waals surface area contributed by atoms with E-state index >= 15 is 0 Å². The molecule has 0 atom stereocenters. The fourth-order valence-electron chi connectivity index (χ4n) is 2.99. The van der Waals surface area contributed by atoms with Gasteiger partial charge in [0.15, 0.2) is 5.16 Å². The van der Waals surface area contributed by atoms with Crippen molar-refractivity contribution in [3.05, 3.63) is 92.9 Å². The number of nitrogens with one attached hydrogen (secondary N) is 1. The number of halogens is 1. The van der Waals surface area contributed by atoms with Crippen LogP contribution in [0.5, 0.6) is 0 Å². The lowest BCUT2D eigenvalue weighted by molar-refractivity contribution is -0.384. The molecule has 0 fully saturated rings. The Hall–Kier alpha value is -3.99. The van der Waals surface area contributed by atoms with Crippen molar-refractivity contribution in [1.29, 1.82) is 0 Å². The molecule has 0 aliphatic carbocycles. The zero-order valence-electron chi connectivity index (χ0n) is 16.4. The van der Waals surface area contributed by atoms with E-state index in [2.05, 4.69) is 10.3 Å². The molecule has 0 radical (unpaired) electrons. The van der Waals surface area contributed by atoms with Crippen LogP contribution in [0, 0.1) is 15.9 Å². The molecule has 1 N–H and O–H groups in total. The highest BCUT2D eigenvalue weighted by molar-refractivity contribution is 7.99. The van der Waals surface area contributed by atoms with Gasteiger partial charge in [-0.1, -0.05) is 23.9 Å². The number of non-ortho nitro benzene ring substituents is 1. The fraction of sp³-hybridized carbons (Fsp3) is 0.0952. The number of aromatic nitrogens is 2. The van der Waals surface area contributed by atoms with Crippen LogP contribution in [0.15, 0.2) is 75.2 Å². The van der Waals surface area contributed by atoms with Gasteiger partial charge in [-0.15, -0.1) is 0 Å². The zero-order chi connectivity index (χ0) is 22.7. The Bertz CT molecular complexity index is 1370.